The number of carboxylic acid groups (broad SMARTS) is 1. The molecular formula is C14H17NO4. The van der Waals surface area contributed by atoms with Gasteiger partial charge in [-0.15, -0.1) is 0 Å². The van der Waals surface area contributed by atoms with E-state index in [1.54, 1.807) is 12.0 Å². The molecule has 102 valence electrons. The molecule has 0 atom stereocenters. The lowest BCUT2D eigenvalue weighted by Gasteiger charge is -2.19. The van der Waals surface area contributed by atoms with Crippen LogP contribution in [0, 0.1) is 0 Å². The van der Waals surface area contributed by atoms with Gasteiger partial charge in [-0.2, -0.15) is 0 Å². The lowest BCUT2D eigenvalue weighted by atomic mass is 10.2. The second-order valence-corrected chi connectivity index (χ2v) is 3.87. The highest BCUT2D eigenvalue weighted by Gasteiger charge is 2.09. The topological polar surface area (TPSA) is 66.8 Å². The summed E-state index contributed by atoms with van der Waals surface area (Å²) in [6.45, 7) is 2.79. The van der Waals surface area contributed by atoms with Crippen molar-refractivity contribution < 1.29 is 19.4 Å². The highest BCUT2D eigenvalue weighted by molar-refractivity contribution is 5.93. The first-order chi connectivity index (χ1) is 9.06. The van der Waals surface area contributed by atoms with Crippen LogP contribution >= 0.6 is 0 Å². The first-order valence-electron chi connectivity index (χ1n) is 5.89. The van der Waals surface area contributed by atoms with Crippen molar-refractivity contribution in [2.75, 3.05) is 13.7 Å². The van der Waals surface area contributed by atoms with E-state index in [-0.39, 0.29) is 5.91 Å². The lowest BCUT2D eigenvalue weighted by Crippen LogP contribution is -2.28. The van der Waals surface area contributed by atoms with Crippen molar-refractivity contribution in [3.8, 4) is 5.75 Å². The summed E-state index contributed by atoms with van der Waals surface area (Å²) >= 11 is 0. The molecule has 0 saturated heterocycles. The largest absolute Gasteiger partial charge is 0.497 e. The van der Waals surface area contributed by atoms with Crippen LogP contribution in [0.25, 0.3) is 0 Å². The third-order valence-corrected chi connectivity index (χ3v) is 2.59. The number of benzene rings is 1. The maximum atomic E-state index is 11.8. The Labute approximate surface area is 112 Å². The summed E-state index contributed by atoms with van der Waals surface area (Å²) in [5.41, 5.74) is 0.958. The Hall–Kier alpha value is -2.30. The van der Waals surface area contributed by atoms with E-state index in [9.17, 15) is 9.59 Å². The molecule has 1 amide bonds. The molecule has 0 aliphatic heterocycles. The minimum Gasteiger partial charge on any atom is -0.497 e. The predicted octanol–water partition coefficient (Wildman–Crippen LogP) is 1.68. The molecule has 0 unspecified atom stereocenters. The summed E-state index contributed by atoms with van der Waals surface area (Å²) in [6, 6.07) is 7.38. The van der Waals surface area contributed by atoms with Crippen LogP contribution in [0.2, 0.25) is 0 Å². The Bertz CT molecular complexity index is 465. The fourth-order valence-electron chi connectivity index (χ4n) is 1.54. The van der Waals surface area contributed by atoms with Crippen LogP contribution in [-0.4, -0.2) is 35.5 Å². The number of carbonyl (C=O) groups is 2. The van der Waals surface area contributed by atoms with E-state index in [0.29, 0.717) is 13.1 Å². The van der Waals surface area contributed by atoms with Crippen molar-refractivity contribution in [2.45, 2.75) is 13.5 Å². The van der Waals surface area contributed by atoms with Crippen LogP contribution in [0.15, 0.2) is 36.4 Å². The Morgan fingerprint density at radius 3 is 2.37 bits per heavy atom. The van der Waals surface area contributed by atoms with Crippen molar-refractivity contribution in [1.82, 2.24) is 4.90 Å². The highest BCUT2D eigenvalue weighted by atomic mass is 16.5. The third kappa shape index (κ3) is 4.83. The van der Waals surface area contributed by atoms with Crippen molar-refractivity contribution in [3.05, 3.63) is 42.0 Å². The fourth-order valence-corrected chi connectivity index (χ4v) is 1.54. The quantitative estimate of drug-likeness (QED) is 0.793. The molecule has 0 spiro atoms. The molecule has 1 N–H and O–H groups in total. The van der Waals surface area contributed by atoms with Crippen LogP contribution in [0.1, 0.15) is 12.5 Å². The molecule has 1 rings (SSSR count). The molecule has 0 aliphatic carbocycles. The Morgan fingerprint density at radius 1 is 1.26 bits per heavy atom. The number of amides is 1. The van der Waals surface area contributed by atoms with Gasteiger partial charge in [0.1, 0.15) is 5.75 Å². The number of hydrogen-bond acceptors (Lipinski definition) is 3. The first-order valence-corrected chi connectivity index (χ1v) is 5.89. The van der Waals surface area contributed by atoms with Crippen molar-refractivity contribution in [3.63, 3.8) is 0 Å². The van der Waals surface area contributed by atoms with Crippen LogP contribution in [-0.2, 0) is 16.1 Å². The first kappa shape index (κ1) is 14.8. The molecule has 0 bridgehead atoms. The van der Waals surface area contributed by atoms with E-state index < -0.39 is 5.97 Å². The van der Waals surface area contributed by atoms with Gasteiger partial charge in [0, 0.05) is 25.2 Å². The summed E-state index contributed by atoms with van der Waals surface area (Å²) in [4.78, 5) is 23.7. The maximum absolute atomic E-state index is 11.8. The summed E-state index contributed by atoms with van der Waals surface area (Å²) < 4.78 is 5.06. The van der Waals surface area contributed by atoms with Gasteiger partial charge in [-0.25, -0.2) is 4.79 Å². The Kier molecular flexibility index (Phi) is 5.60. The average molecular weight is 263 g/mol. The second-order valence-electron chi connectivity index (χ2n) is 3.87. The van der Waals surface area contributed by atoms with Gasteiger partial charge >= 0.3 is 5.97 Å². The van der Waals surface area contributed by atoms with Crippen LogP contribution < -0.4 is 4.74 Å². The summed E-state index contributed by atoms with van der Waals surface area (Å²) in [6.07, 6.45) is 1.91. The van der Waals surface area contributed by atoms with Gasteiger partial charge in [-0.3, -0.25) is 4.79 Å². The minimum absolute atomic E-state index is 0.319. The normalized spacial score (nSPS) is 10.4. The lowest BCUT2D eigenvalue weighted by molar-refractivity contribution is -0.132. The number of methoxy groups -OCH3 is 1. The SMILES string of the molecule is CCN(Cc1ccc(OC)cc1)C(=O)/C=C/C(=O)O. The molecular weight excluding hydrogens is 246 g/mol. The van der Waals surface area contributed by atoms with Crippen molar-refractivity contribution >= 4 is 11.9 Å². The van der Waals surface area contributed by atoms with Gasteiger partial charge < -0.3 is 14.7 Å². The smallest absolute Gasteiger partial charge is 0.328 e. The number of aliphatic carboxylic acids is 1. The van der Waals surface area contributed by atoms with E-state index in [0.717, 1.165) is 23.5 Å². The van der Waals surface area contributed by atoms with E-state index in [1.807, 2.05) is 31.2 Å². The molecule has 0 aliphatic rings. The van der Waals surface area contributed by atoms with Gasteiger partial charge in [0.05, 0.1) is 7.11 Å². The molecule has 5 heteroatoms. The number of likely N-dealkylation sites (N-methyl/N-ethyl adjacent to an activating group) is 1. The van der Waals surface area contributed by atoms with Crippen LogP contribution in [0.3, 0.4) is 0 Å². The van der Waals surface area contributed by atoms with E-state index >= 15 is 0 Å². The van der Waals surface area contributed by atoms with E-state index in [4.69, 9.17) is 9.84 Å². The molecule has 0 radical (unpaired) electrons. The summed E-state index contributed by atoms with van der Waals surface area (Å²) in [5, 5.41) is 8.49. The zero-order valence-electron chi connectivity index (χ0n) is 11.0. The number of carboxylic acids is 1. The molecule has 19 heavy (non-hydrogen) atoms. The monoisotopic (exact) mass is 263 g/mol. The third-order valence-electron chi connectivity index (χ3n) is 2.59. The van der Waals surface area contributed by atoms with Crippen LogP contribution in [0.5, 0.6) is 5.75 Å². The molecule has 0 aromatic heterocycles. The van der Waals surface area contributed by atoms with Gasteiger partial charge in [0.15, 0.2) is 0 Å². The predicted molar refractivity (Wildman–Crippen MR) is 70.9 cm³/mol. The maximum Gasteiger partial charge on any atom is 0.328 e. The fraction of sp³-hybridized carbons (Fsp3) is 0.286. The summed E-state index contributed by atoms with van der Waals surface area (Å²) in [7, 11) is 1.59. The molecule has 1 aromatic rings. The van der Waals surface area contributed by atoms with Gasteiger partial charge in [0.2, 0.25) is 5.91 Å². The molecule has 1 aromatic carbocycles. The Morgan fingerprint density at radius 2 is 1.89 bits per heavy atom. The van der Waals surface area contributed by atoms with E-state index in [2.05, 4.69) is 0 Å². The zero-order chi connectivity index (χ0) is 14.3. The number of ether oxygens (including phenoxy) is 1. The number of rotatable bonds is 6. The molecule has 5 nitrogen and oxygen atoms in total. The number of carbonyl (C=O) groups excluding carboxylic acids is 1. The minimum atomic E-state index is -1.13. The van der Waals surface area contributed by atoms with Gasteiger partial charge in [-0.1, -0.05) is 12.1 Å². The molecule has 0 saturated carbocycles. The standard InChI is InChI=1S/C14H17NO4/c1-3-15(13(16)8-9-14(17)18)10-11-4-6-12(19-2)7-5-11/h4-9H,3,10H2,1-2H3,(H,17,18)/b9-8+. The van der Waals surface area contributed by atoms with Gasteiger partial charge in [0.25, 0.3) is 0 Å². The molecule has 0 heterocycles. The van der Waals surface area contributed by atoms with Crippen molar-refractivity contribution in [2.24, 2.45) is 0 Å². The zero-order valence-corrected chi connectivity index (χ0v) is 11.0. The number of hydrogen-bond donors (Lipinski definition) is 1. The number of nitrogens with zero attached hydrogens (tertiary/aromatic N) is 1. The Balaban J connectivity index is 2.70. The van der Waals surface area contributed by atoms with Crippen molar-refractivity contribution in [1.29, 1.82) is 0 Å². The second kappa shape index (κ2) is 7.20. The highest BCUT2D eigenvalue weighted by Crippen LogP contribution is 2.13. The average Bonchev–Trinajstić information content (AvgIpc) is 2.42. The van der Waals surface area contributed by atoms with E-state index in [1.165, 1.54) is 0 Å². The molecule has 0 fully saturated rings. The van der Waals surface area contributed by atoms with Gasteiger partial charge in [-0.05, 0) is 24.6 Å². The van der Waals surface area contributed by atoms with Crippen LogP contribution in [0.4, 0.5) is 0 Å². The summed E-state index contributed by atoms with van der Waals surface area (Å²) in [5.74, 6) is -0.696.